The van der Waals surface area contributed by atoms with E-state index in [0.717, 1.165) is 43.1 Å². The number of nitrogens with one attached hydrogen (secondary N) is 2. The SMILES string of the molecule is O=C(NCCCCC(=O)N1CCCC2CCCCC21)NC12CC3CC(CC(C3)C1)C2. The summed E-state index contributed by atoms with van der Waals surface area (Å²) >= 11 is 0. The molecule has 5 aliphatic carbocycles. The first kappa shape index (κ1) is 20.6. The van der Waals surface area contributed by atoms with Crippen LogP contribution in [0.4, 0.5) is 4.79 Å². The smallest absolute Gasteiger partial charge is 0.315 e. The van der Waals surface area contributed by atoms with Gasteiger partial charge in [0, 0.05) is 31.1 Å². The highest BCUT2D eigenvalue weighted by atomic mass is 16.2. The molecule has 0 aromatic carbocycles. The number of amides is 3. The van der Waals surface area contributed by atoms with Crippen LogP contribution in [-0.2, 0) is 4.79 Å². The molecule has 1 aliphatic heterocycles. The molecular formula is C25H41N3O2. The minimum absolute atomic E-state index is 0.0179. The fourth-order valence-corrected chi connectivity index (χ4v) is 8.23. The highest BCUT2D eigenvalue weighted by Gasteiger charge is 2.51. The Morgan fingerprint density at radius 2 is 1.53 bits per heavy atom. The standard InChI is InChI=1S/C25H41N3O2/c29-23(28-11-5-7-21-6-1-2-8-22(21)28)9-3-4-10-26-24(30)27-25-15-18-12-19(16-25)14-20(13-18)17-25/h18-22H,1-17H2,(H2,26,27,30). The number of urea groups is 1. The van der Waals surface area contributed by atoms with Crippen molar-refractivity contribution in [2.45, 2.75) is 108 Å². The van der Waals surface area contributed by atoms with Crippen molar-refractivity contribution < 1.29 is 9.59 Å². The van der Waals surface area contributed by atoms with Gasteiger partial charge in [0.05, 0.1) is 0 Å². The molecule has 2 N–H and O–H groups in total. The Kier molecular flexibility index (Phi) is 5.99. The van der Waals surface area contributed by atoms with Crippen LogP contribution in [0.25, 0.3) is 0 Å². The van der Waals surface area contributed by atoms with Crippen molar-refractivity contribution in [1.82, 2.24) is 15.5 Å². The summed E-state index contributed by atoms with van der Waals surface area (Å²) in [5.41, 5.74) is 0.0829. The van der Waals surface area contributed by atoms with E-state index in [4.69, 9.17) is 0 Å². The molecule has 0 aromatic rings. The summed E-state index contributed by atoms with van der Waals surface area (Å²) < 4.78 is 0. The van der Waals surface area contributed by atoms with Crippen LogP contribution >= 0.6 is 0 Å². The van der Waals surface area contributed by atoms with Crippen LogP contribution in [0, 0.1) is 23.7 Å². The lowest BCUT2D eigenvalue weighted by Gasteiger charge is -2.56. The molecule has 2 unspecified atom stereocenters. The summed E-state index contributed by atoms with van der Waals surface area (Å²) in [5.74, 6) is 3.65. The van der Waals surface area contributed by atoms with Crippen molar-refractivity contribution >= 4 is 11.9 Å². The molecule has 5 saturated carbocycles. The Bertz CT molecular complexity index is 611. The Morgan fingerprint density at radius 1 is 0.867 bits per heavy atom. The minimum atomic E-state index is 0.0179. The molecule has 30 heavy (non-hydrogen) atoms. The number of unbranched alkanes of at least 4 members (excludes halogenated alkanes) is 1. The van der Waals surface area contributed by atoms with Gasteiger partial charge in [-0.25, -0.2) is 4.79 Å². The second kappa shape index (κ2) is 8.70. The zero-order valence-corrected chi connectivity index (χ0v) is 18.7. The van der Waals surface area contributed by atoms with Crippen molar-refractivity contribution in [3.8, 4) is 0 Å². The number of carbonyl (C=O) groups is 2. The van der Waals surface area contributed by atoms with Gasteiger partial charge in [-0.1, -0.05) is 12.8 Å². The number of nitrogens with zero attached hydrogens (tertiary/aromatic N) is 1. The first-order chi connectivity index (χ1) is 14.6. The zero-order valence-electron chi connectivity index (χ0n) is 18.7. The van der Waals surface area contributed by atoms with E-state index in [-0.39, 0.29) is 11.6 Å². The topological polar surface area (TPSA) is 61.4 Å². The van der Waals surface area contributed by atoms with Gasteiger partial charge in [0.15, 0.2) is 0 Å². The van der Waals surface area contributed by atoms with E-state index in [1.165, 1.54) is 77.0 Å². The van der Waals surface area contributed by atoms with Gasteiger partial charge in [-0.05, 0) is 101 Å². The van der Waals surface area contributed by atoms with Gasteiger partial charge >= 0.3 is 6.03 Å². The molecule has 0 aromatic heterocycles. The molecule has 5 nitrogen and oxygen atoms in total. The molecule has 6 fully saturated rings. The van der Waals surface area contributed by atoms with Crippen LogP contribution in [0.3, 0.4) is 0 Å². The largest absolute Gasteiger partial charge is 0.339 e. The fourth-order valence-electron chi connectivity index (χ4n) is 8.23. The number of fused-ring (bicyclic) bond motifs is 1. The van der Waals surface area contributed by atoms with Crippen molar-refractivity contribution in [1.29, 1.82) is 0 Å². The van der Waals surface area contributed by atoms with E-state index in [1.807, 2.05) is 0 Å². The number of likely N-dealkylation sites (tertiary alicyclic amines) is 1. The Balaban J connectivity index is 1.00. The maximum absolute atomic E-state index is 12.8. The Morgan fingerprint density at radius 3 is 2.27 bits per heavy atom. The predicted octanol–water partition coefficient (Wildman–Crippen LogP) is 4.61. The summed E-state index contributed by atoms with van der Waals surface area (Å²) in [6, 6.07) is 0.536. The molecular weight excluding hydrogens is 374 g/mol. The summed E-state index contributed by atoms with van der Waals surface area (Å²) in [4.78, 5) is 27.5. The number of rotatable bonds is 6. The van der Waals surface area contributed by atoms with Gasteiger partial charge in [0.2, 0.25) is 5.91 Å². The molecule has 168 valence electrons. The van der Waals surface area contributed by atoms with Gasteiger partial charge in [-0.15, -0.1) is 0 Å². The Hall–Kier alpha value is -1.26. The fraction of sp³-hybridized carbons (Fsp3) is 0.920. The quantitative estimate of drug-likeness (QED) is 0.623. The van der Waals surface area contributed by atoms with E-state index in [9.17, 15) is 9.59 Å². The van der Waals surface area contributed by atoms with Gasteiger partial charge in [-0.3, -0.25) is 4.79 Å². The van der Waals surface area contributed by atoms with Crippen LogP contribution in [0.5, 0.6) is 0 Å². The van der Waals surface area contributed by atoms with Crippen LogP contribution in [0.15, 0.2) is 0 Å². The summed E-state index contributed by atoms with van der Waals surface area (Å²) in [7, 11) is 0. The molecule has 1 heterocycles. The highest BCUT2D eigenvalue weighted by Crippen LogP contribution is 2.55. The number of piperidine rings is 1. The van der Waals surface area contributed by atoms with E-state index < -0.39 is 0 Å². The van der Waals surface area contributed by atoms with Crippen LogP contribution in [0.1, 0.15) is 96.3 Å². The van der Waals surface area contributed by atoms with Gasteiger partial charge in [0.1, 0.15) is 0 Å². The minimum Gasteiger partial charge on any atom is -0.339 e. The molecule has 6 rings (SSSR count). The van der Waals surface area contributed by atoms with E-state index >= 15 is 0 Å². The van der Waals surface area contributed by atoms with Gasteiger partial charge in [-0.2, -0.15) is 0 Å². The molecule has 5 heteroatoms. The van der Waals surface area contributed by atoms with Crippen LogP contribution in [0.2, 0.25) is 0 Å². The third-order valence-corrected chi connectivity index (χ3v) is 9.08. The first-order valence-corrected chi connectivity index (χ1v) is 13.0. The lowest BCUT2D eigenvalue weighted by Crippen LogP contribution is -2.61. The van der Waals surface area contributed by atoms with Crippen molar-refractivity contribution in [3.05, 3.63) is 0 Å². The predicted molar refractivity (Wildman–Crippen MR) is 118 cm³/mol. The number of hydrogen-bond donors (Lipinski definition) is 2. The monoisotopic (exact) mass is 415 g/mol. The summed E-state index contributed by atoms with van der Waals surface area (Å²) in [6.07, 6.45) is 17.8. The van der Waals surface area contributed by atoms with Crippen molar-refractivity contribution in [3.63, 3.8) is 0 Å². The van der Waals surface area contributed by atoms with E-state index in [0.29, 0.717) is 24.9 Å². The molecule has 0 radical (unpaired) electrons. The maximum Gasteiger partial charge on any atom is 0.315 e. The van der Waals surface area contributed by atoms with E-state index in [2.05, 4.69) is 15.5 Å². The van der Waals surface area contributed by atoms with Crippen molar-refractivity contribution in [2.75, 3.05) is 13.1 Å². The molecule has 6 aliphatic rings. The third kappa shape index (κ3) is 4.36. The number of hydrogen-bond acceptors (Lipinski definition) is 2. The normalized spacial score (nSPS) is 39.5. The second-order valence-corrected chi connectivity index (χ2v) is 11.4. The van der Waals surface area contributed by atoms with Crippen molar-refractivity contribution in [2.24, 2.45) is 23.7 Å². The molecule has 0 spiro atoms. The average Bonchev–Trinajstić information content (AvgIpc) is 2.71. The van der Waals surface area contributed by atoms with E-state index in [1.54, 1.807) is 0 Å². The Labute approximate surface area is 182 Å². The zero-order chi connectivity index (χ0) is 20.6. The number of carbonyl (C=O) groups excluding carboxylic acids is 2. The lowest BCUT2D eigenvalue weighted by molar-refractivity contribution is -0.137. The summed E-state index contributed by atoms with van der Waals surface area (Å²) in [5, 5.41) is 6.46. The molecule has 3 amide bonds. The van der Waals surface area contributed by atoms with Gasteiger partial charge < -0.3 is 15.5 Å². The average molecular weight is 416 g/mol. The molecule has 1 saturated heterocycles. The second-order valence-electron chi connectivity index (χ2n) is 11.4. The molecule has 2 atom stereocenters. The first-order valence-electron chi connectivity index (χ1n) is 13.0. The summed E-state index contributed by atoms with van der Waals surface area (Å²) in [6.45, 7) is 1.64. The van der Waals surface area contributed by atoms with Crippen LogP contribution < -0.4 is 10.6 Å². The maximum atomic E-state index is 12.8. The third-order valence-electron chi connectivity index (χ3n) is 9.08. The van der Waals surface area contributed by atoms with Gasteiger partial charge in [0.25, 0.3) is 0 Å². The van der Waals surface area contributed by atoms with Crippen LogP contribution in [-0.4, -0.2) is 41.5 Å². The highest BCUT2D eigenvalue weighted by molar-refractivity contribution is 5.77. The lowest BCUT2D eigenvalue weighted by atomic mass is 9.53. The molecule has 4 bridgehead atoms.